The van der Waals surface area contributed by atoms with Crippen molar-refractivity contribution in [1.29, 1.82) is 0 Å². The van der Waals surface area contributed by atoms with Crippen molar-refractivity contribution in [3.8, 4) is 0 Å². The number of hydrogen-bond donors (Lipinski definition) is 2. The standard InChI is InChI=1S/C14H20N2O3S/c1-9-6-10(8-12(7-9)20(15,18)19)13(17)16-14(2,3)11-4-5-11/h6-8,11H,4-5H2,1-3H3,(H,16,17)(H2,15,18,19). The first kappa shape index (κ1) is 15.0. The molecule has 1 fully saturated rings. The smallest absolute Gasteiger partial charge is 0.251 e. The molecule has 0 saturated heterocycles. The monoisotopic (exact) mass is 296 g/mol. The number of carbonyl (C=O) groups is 1. The third kappa shape index (κ3) is 3.37. The van der Waals surface area contributed by atoms with E-state index in [1.165, 1.54) is 12.1 Å². The van der Waals surface area contributed by atoms with Crippen LogP contribution in [0.15, 0.2) is 23.1 Å². The molecule has 0 unspecified atom stereocenters. The van der Waals surface area contributed by atoms with E-state index in [0.29, 0.717) is 17.0 Å². The van der Waals surface area contributed by atoms with E-state index in [-0.39, 0.29) is 16.3 Å². The van der Waals surface area contributed by atoms with Gasteiger partial charge in [-0.2, -0.15) is 0 Å². The first-order chi connectivity index (χ1) is 9.09. The van der Waals surface area contributed by atoms with Crippen LogP contribution in [0.4, 0.5) is 0 Å². The fourth-order valence-electron chi connectivity index (χ4n) is 2.32. The molecule has 0 radical (unpaired) electrons. The van der Waals surface area contributed by atoms with Gasteiger partial charge in [0.25, 0.3) is 5.91 Å². The van der Waals surface area contributed by atoms with Crippen molar-refractivity contribution in [1.82, 2.24) is 5.32 Å². The Hall–Kier alpha value is -1.40. The molecular formula is C14H20N2O3S. The molecule has 1 aromatic rings. The van der Waals surface area contributed by atoms with E-state index < -0.39 is 10.0 Å². The summed E-state index contributed by atoms with van der Waals surface area (Å²) in [7, 11) is -3.81. The number of aryl methyl sites for hydroxylation is 1. The Morgan fingerprint density at radius 3 is 2.40 bits per heavy atom. The lowest BCUT2D eigenvalue weighted by atomic mass is 9.98. The van der Waals surface area contributed by atoms with E-state index in [1.54, 1.807) is 13.0 Å². The highest BCUT2D eigenvalue weighted by Gasteiger charge is 2.38. The average molecular weight is 296 g/mol. The maximum atomic E-state index is 12.3. The summed E-state index contributed by atoms with van der Waals surface area (Å²) < 4.78 is 22.8. The number of carbonyl (C=O) groups excluding carboxylic acids is 1. The van der Waals surface area contributed by atoms with Crippen molar-refractivity contribution >= 4 is 15.9 Å². The number of nitrogens with one attached hydrogen (secondary N) is 1. The third-order valence-corrected chi connectivity index (χ3v) is 4.57. The lowest BCUT2D eigenvalue weighted by Crippen LogP contribution is -2.45. The molecule has 0 spiro atoms. The van der Waals surface area contributed by atoms with E-state index in [1.807, 2.05) is 13.8 Å². The summed E-state index contributed by atoms with van der Waals surface area (Å²) >= 11 is 0. The highest BCUT2D eigenvalue weighted by molar-refractivity contribution is 7.89. The van der Waals surface area contributed by atoms with Gasteiger partial charge in [-0.05, 0) is 63.3 Å². The van der Waals surface area contributed by atoms with Crippen LogP contribution in [-0.2, 0) is 10.0 Å². The molecule has 1 aromatic carbocycles. The summed E-state index contributed by atoms with van der Waals surface area (Å²) in [6.07, 6.45) is 2.23. The molecule has 20 heavy (non-hydrogen) atoms. The van der Waals surface area contributed by atoms with Gasteiger partial charge in [-0.15, -0.1) is 0 Å². The van der Waals surface area contributed by atoms with Crippen LogP contribution in [0.1, 0.15) is 42.6 Å². The summed E-state index contributed by atoms with van der Waals surface area (Å²) in [6, 6.07) is 4.44. The second kappa shape index (κ2) is 4.86. The van der Waals surface area contributed by atoms with Gasteiger partial charge < -0.3 is 5.32 Å². The summed E-state index contributed by atoms with van der Waals surface area (Å²) in [4.78, 5) is 12.2. The Balaban J connectivity index is 2.28. The number of nitrogens with two attached hydrogens (primary N) is 1. The van der Waals surface area contributed by atoms with E-state index in [0.717, 1.165) is 12.8 Å². The Kier molecular flexibility index (Phi) is 3.64. The summed E-state index contributed by atoms with van der Waals surface area (Å²) in [5.74, 6) is 0.226. The maximum absolute atomic E-state index is 12.3. The van der Waals surface area contributed by atoms with Gasteiger partial charge in [-0.25, -0.2) is 13.6 Å². The maximum Gasteiger partial charge on any atom is 0.251 e. The highest BCUT2D eigenvalue weighted by Crippen LogP contribution is 2.39. The van der Waals surface area contributed by atoms with Gasteiger partial charge in [-0.3, -0.25) is 4.79 Å². The molecule has 0 bridgehead atoms. The van der Waals surface area contributed by atoms with Gasteiger partial charge in [0.05, 0.1) is 4.90 Å². The first-order valence-electron chi connectivity index (χ1n) is 6.56. The molecule has 3 N–H and O–H groups in total. The molecule has 1 saturated carbocycles. The van der Waals surface area contributed by atoms with E-state index in [9.17, 15) is 13.2 Å². The van der Waals surface area contributed by atoms with Crippen LogP contribution in [0, 0.1) is 12.8 Å². The zero-order valence-electron chi connectivity index (χ0n) is 11.9. The van der Waals surface area contributed by atoms with Crippen LogP contribution in [0.2, 0.25) is 0 Å². The topological polar surface area (TPSA) is 89.3 Å². The zero-order chi connectivity index (χ0) is 15.1. The normalized spacial score (nSPS) is 16.0. The van der Waals surface area contributed by atoms with Crippen molar-refractivity contribution in [3.05, 3.63) is 29.3 Å². The minimum Gasteiger partial charge on any atom is -0.347 e. The molecule has 0 aromatic heterocycles. The number of rotatable bonds is 4. The largest absolute Gasteiger partial charge is 0.347 e. The summed E-state index contributed by atoms with van der Waals surface area (Å²) in [6.45, 7) is 5.70. The zero-order valence-corrected chi connectivity index (χ0v) is 12.8. The van der Waals surface area contributed by atoms with Gasteiger partial charge in [0.2, 0.25) is 10.0 Å². The minimum atomic E-state index is -3.81. The predicted octanol–water partition coefficient (Wildman–Crippen LogP) is 1.56. The second-order valence-electron chi connectivity index (χ2n) is 6.03. The lowest BCUT2D eigenvalue weighted by Gasteiger charge is -2.26. The second-order valence-corrected chi connectivity index (χ2v) is 7.59. The summed E-state index contributed by atoms with van der Waals surface area (Å²) in [5, 5.41) is 8.09. The number of hydrogen-bond acceptors (Lipinski definition) is 3. The Morgan fingerprint density at radius 1 is 1.30 bits per heavy atom. The van der Waals surface area contributed by atoms with E-state index in [2.05, 4.69) is 5.32 Å². The first-order valence-corrected chi connectivity index (χ1v) is 8.11. The van der Waals surface area contributed by atoms with E-state index in [4.69, 9.17) is 5.14 Å². The SMILES string of the molecule is Cc1cc(C(=O)NC(C)(C)C2CC2)cc(S(N)(=O)=O)c1. The Morgan fingerprint density at radius 2 is 1.90 bits per heavy atom. The number of benzene rings is 1. The van der Waals surface area contributed by atoms with Crippen molar-refractivity contribution in [2.45, 2.75) is 44.0 Å². The Labute approximate surface area is 119 Å². The van der Waals surface area contributed by atoms with Gasteiger partial charge in [0.15, 0.2) is 0 Å². The quantitative estimate of drug-likeness (QED) is 0.883. The van der Waals surface area contributed by atoms with E-state index >= 15 is 0 Å². The van der Waals surface area contributed by atoms with Gasteiger partial charge >= 0.3 is 0 Å². The molecule has 110 valence electrons. The average Bonchev–Trinajstić information content (AvgIpc) is 3.10. The van der Waals surface area contributed by atoms with Gasteiger partial charge in [0.1, 0.15) is 0 Å². The van der Waals surface area contributed by atoms with Crippen LogP contribution in [0.25, 0.3) is 0 Å². The van der Waals surface area contributed by atoms with Crippen molar-refractivity contribution in [3.63, 3.8) is 0 Å². The van der Waals surface area contributed by atoms with Crippen LogP contribution in [0.5, 0.6) is 0 Å². The molecular weight excluding hydrogens is 276 g/mol. The molecule has 0 atom stereocenters. The number of primary sulfonamides is 1. The fraction of sp³-hybridized carbons (Fsp3) is 0.500. The van der Waals surface area contributed by atoms with Gasteiger partial charge in [-0.1, -0.05) is 0 Å². The van der Waals surface area contributed by atoms with Crippen LogP contribution < -0.4 is 10.5 Å². The predicted molar refractivity (Wildman–Crippen MR) is 76.8 cm³/mol. The molecule has 1 aliphatic carbocycles. The Bertz CT molecular complexity index is 646. The number of amides is 1. The van der Waals surface area contributed by atoms with Crippen LogP contribution in [-0.4, -0.2) is 19.9 Å². The van der Waals surface area contributed by atoms with Crippen molar-refractivity contribution < 1.29 is 13.2 Å². The highest BCUT2D eigenvalue weighted by atomic mass is 32.2. The van der Waals surface area contributed by atoms with Crippen LogP contribution in [0.3, 0.4) is 0 Å². The molecule has 5 nitrogen and oxygen atoms in total. The molecule has 6 heteroatoms. The lowest BCUT2D eigenvalue weighted by molar-refractivity contribution is 0.0903. The molecule has 0 heterocycles. The molecule has 1 amide bonds. The summed E-state index contributed by atoms with van der Waals surface area (Å²) in [5.41, 5.74) is 0.733. The van der Waals surface area contributed by atoms with Gasteiger partial charge in [0, 0.05) is 11.1 Å². The van der Waals surface area contributed by atoms with Crippen molar-refractivity contribution in [2.24, 2.45) is 11.1 Å². The number of sulfonamides is 1. The molecule has 2 rings (SSSR count). The fourth-order valence-corrected chi connectivity index (χ4v) is 2.96. The van der Waals surface area contributed by atoms with Crippen molar-refractivity contribution in [2.75, 3.05) is 0 Å². The molecule has 1 aliphatic rings. The van der Waals surface area contributed by atoms with Crippen LogP contribution >= 0.6 is 0 Å². The third-order valence-electron chi connectivity index (χ3n) is 3.68. The molecule has 0 aliphatic heterocycles. The minimum absolute atomic E-state index is 0.0353.